The number of nitrogens with two attached hydrogens (primary N) is 1. The molecule has 3 heteroatoms. The predicted molar refractivity (Wildman–Crippen MR) is 46.6 cm³/mol. The van der Waals surface area contributed by atoms with E-state index in [-0.39, 0.29) is 5.76 Å². The normalized spacial score (nSPS) is 17.2. The molecule has 3 nitrogen and oxygen atoms in total. The Kier molecular flexibility index (Phi) is 2.82. The second-order valence-corrected chi connectivity index (χ2v) is 2.53. The van der Waals surface area contributed by atoms with Crippen molar-refractivity contribution in [3.05, 3.63) is 35.1 Å². The van der Waals surface area contributed by atoms with E-state index in [1.54, 1.807) is 12.2 Å². The molecular formula is C9H11NO2. The van der Waals surface area contributed by atoms with Crippen LogP contribution in [0.25, 0.3) is 0 Å². The van der Waals surface area contributed by atoms with E-state index in [1.165, 1.54) is 0 Å². The lowest BCUT2D eigenvalue weighted by Crippen LogP contribution is -2.01. The average Bonchev–Trinajstić information content (AvgIpc) is 2.27. The highest BCUT2D eigenvalue weighted by atomic mass is 16.3. The first kappa shape index (κ1) is 8.74. The van der Waals surface area contributed by atoms with E-state index in [0.29, 0.717) is 24.8 Å². The fourth-order valence-corrected chi connectivity index (χ4v) is 1.01. The lowest BCUT2D eigenvalue weighted by atomic mass is 10.1. The Morgan fingerprint density at radius 2 is 2.33 bits per heavy atom. The molecule has 0 aromatic heterocycles. The Morgan fingerprint density at radius 1 is 1.58 bits per heavy atom. The van der Waals surface area contributed by atoms with Crippen LogP contribution in [0.3, 0.4) is 0 Å². The fourth-order valence-electron chi connectivity index (χ4n) is 1.01. The van der Waals surface area contributed by atoms with E-state index >= 15 is 0 Å². The Labute approximate surface area is 70.9 Å². The third-order valence-corrected chi connectivity index (χ3v) is 1.69. The molecule has 12 heavy (non-hydrogen) atoms. The Bertz CT molecular complexity index is 274. The van der Waals surface area contributed by atoms with Gasteiger partial charge in [-0.05, 0) is 24.1 Å². The third-order valence-electron chi connectivity index (χ3n) is 1.69. The largest absolute Gasteiger partial charge is 0.508 e. The van der Waals surface area contributed by atoms with Gasteiger partial charge in [0, 0.05) is 6.54 Å². The maximum absolute atomic E-state index is 10.4. The third kappa shape index (κ3) is 1.83. The van der Waals surface area contributed by atoms with E-state index in [2.05, 4.69) is 0 Å². The van der Waals surface area contributed by atoms with Crippen LogP contribution in [0.15, 0.2) is 35.1 Å². The molecule has 0 amide bonds. The zero-order valence-electron chi connectivity index (χ0n) is 6.66. The minimum absolute atomic E-state index is 0.0321. The van der Waals surface area contributed by atoms with Gasteiger partial charge >= 0.3 is 0 Å². The molecule has 0 aromatic rings. The first-order valence-electron chi connectivity index (χ1n) is 3.73. The molecule has 0 radical (unpaired) electrons. The van der Waals surface area contributed by atoms with E-state index in [1.807, 2.05) is 6.08 Å². The molecule has 0 spiro atoms. The van der Waals surface area contributed by atoms with Crippen LogP contribution in [0, 0.1) is 0 Å². The zero-order valence-corrected chi connectivity index (χ0v) is 6.66. The first-order chi connectivity index (χ1) is 5.77. The van der Waals surface area contributed by atoms with Crippen LogP contribution in [0.5, 0.6) is 0 Å². The van der Waals surface area contributed by atoms with E-state index in [4.69, 9.17) is 5.73 Å². The second-order valence-electron chi connectivity index (χ2n) is 2.53. The van der Waals surface area contributed by atoms with Crippen molar-refractivity contribution in [3.8, 4) is 0 Å². The lowest BCUT2D eigenvalue weighted by Gasteiger charge is -1.96. The van der Waals surface area contributed by atoms with Crippen LogP contribution in [0.1, 0.15) is 6.42 Å². The molecule has 0 aliphatic heterocycles. The number of aldehydes is 1. The van der Waals surface area contributed by atoms with Gasteiger partial charge in [-0.15, -0.1) is 0 Å². The summed E-state index contributed by atoms with van der Waals surface area (Å²) >= 11 is 0. The van der Waals surface area contributed by atoms with E-state index < -0.39 is 0 Å². The van der Waals surface area contributed by atoms with Crippen molar-refractivity contribution in [2.45, 2.75) is 6.42 Å². The average molecular weight is 165 g/mol. The van der Waals surface area contributed by atoms with Crippen molar-refractivity contribution in [2.75, 3.05) is 6.54 Å². The standard InChI is InChI=1S/C9H11NO2/c10-5-7-2-1-3-9(12)8(4-7)6-11/h2-4,6,12H,1,5,10H2. The number of aliphatic hydroxyl groups is 1. The van der Waals surface area contributed by atoms with Crippen molar-refractivity contribution in [2.24, 2.45) is 5.73 Å². The van der Waals surface area contributed by atoms with Crippen molar-refractivity contribution in [1.82, 2.24) is 0 Å². The van der Waals surface area contributed by atoms with Gasteiger partial charge in [0.05, 0.1) is 5.57 Å². The van der Waals surface area contributed by atoms with Gasteiger partial charge < -0.3 is 10.8 Å². The number of carbonyl (C=O) groups excluding carboxylic acids is 1. The molecule has 0 atom stereocenters. The highest BCUT2D eigenvalue weighted by Crippen LogP contribution is 2.13. The highest BCUT2D eigenvalue weighted by molar-refractivity contribution is 5.80. The van der Waals surface area contributed by atoms with Crippen LogP contribution >= 0.6 is 0 Å². The van der Waals surface area contributed by atoms with Crippen molar-refractivity contribution in [3.63, 3.8) is 0 Å². The lowest BCUT2D eigenvalue weighted by molar-refractivity contribution is -0.104. The van der Waals surface area contributed by atoms with Crippen LogP contribution < -0.4 is 5.73 Å². The number of rotatable bonds is 2. The molecular weight excluding hydrogens is 154 g/mol. The summed E-state index contributed by atoms with van der Waals surface area (Å²) in [6.45, 7) is 0.387. The van der Waals surface area contributed by atoms with Crippen LogP contribution in [0.2, 0.25) is 0 Å². The van der Waals surface area contributed by atoms with Gasteiger partial charge in [-0.25, -0.2) is 0 Å². The number of aliphatic hydroxyl groups excluding tert-OH is 1. The van der Waals surface area contributed by atoms with Crippen LogP contribution in [-0.4, -0.2) is 17.9 Å². The highest BCUT2D eigenvalue weighted by Gasteiger charge is 2.05. The minimum atomic E-state index is 0.0321. The number of hydrogen-bond acceptors (Lipinski definition) is 3. The van der Waals surface area contributed by atoms with Crippen LogP contribution in [0.4, 0.5) is 0 Å². The van der Waals surface area contributed by atoms with Gasteiger partial charge in [0.1, 0.15) is 5.76 Å². The Morgan fingerprint density at radius 3 is 2.92 bits per heavy atom. The van der Waals surface area contributed by atoms with Crippen molar-refractivity contribution in [1.29, 1.82) is 0 Å². The Balaban J connectivity index is 2.97. The van der Waals surface area contributed by atoms with Crippen LogP contribution in [-0.2, 0) is 4.79 Å². The summed E-state index contributed by atoms with van der Waals surface area (Å²) in [5.41, 5.74) is 6.57. The summed E-state index contributed by atoms with van der Waals surface area (Å²) in [5, 5.41) is 9.25. The summed E-state index contributed by atoms with van der Waals surface area (Å²) < 4.78 is 0. The van der Waals surface area contributed by atoms with Gasteiger partial charge in [-0.1, -0.05) is 6.08 Å². The summed E-state index contributed by atoms with van der Waals surface area (Å²) in [6.07, 6.45) is 6.31. The smallest absolute Gasteiger partial charge is 0.153 e. The molecule has 64 valence electrons. The molecule has 0 bridgehead atoms. The summed E-state index contributed by atoms with van der Waals surface area (Å²) in [7, 11) is 0. The molecule has 0 unspecified atom stereocenters. The predicted octanol–water partition coefficient (Wildman–Crippen LogP) is 0.842. The first-order valence-corrected chi connectivity index (χ1v) is 3.73. The van der Waals surface area contributed by atoms with Crippen molar-refractivity contribution < 1.29 is 9.90 Å². The Hall–Kier alpha value is -1.35. The number of allylic oxidation sites excluding steroid dienone is 3. The van der Waals surface area contributed by atoms with Gasteiger partial charge in [-0.2, -0.15) is 0 Å². The van der Waals surface area contributed by atoms with Gasteiger partial charge in [0.15, 0.2) is 6.29 Å². The molecule has 0 fully saturated rings. The van der Waals surface area contributed by atoms with Gasteiger partial charge in [0.2, 0.25) is 0 Å². The molecule has 1 rings (SSSR count). The maximum atomic E-state index is 10.4. The molecule has 1 aliphatic carbocycles. The molecule has 1 aliphatic rings. The van der Waals surface area contributed by atoms with Gasteiger partial charge in [-0.3, -0.25) is 4.79 Å². The molecule has 0 heterocycles. The fraction of sp³-hybridized carbons (Fsp3) is 0.222. The van der Waals surface area contributed by atoms with E-state index in [0.717, 1.165) is 5.57 Å². The maximum Gasteiger partial charge on any atom is 0.153 e. The van der Waals surface area contributed by atoms with E-state index in [9.17, 15) is 9.90 Å². The minimum Gasteiger partial charge on any atom is -0.508 e. The SMILES string of the molecule is NCC1=CCC=C(O)C(C=O)=C1. The molecule has 3 N–H and O–H groups in total. The zero-order chi connectivity index (χ0) is 8.97. The topological polar surface area (TPSA) is 63.3 Å². The number of carbonyl (C=O) groups is 1. The second kappa shape index (κ2) is 3.88. The quantitative estimate of drug-likeness (QED) is 0.596. The summed E-state index contributed by atoms with van der Waals surface area (Å²) in [6, 6.07) is 0. The van der Waals surface area contributed by atoms with Crippen molar-refractivity contribution >= 4 is 6.29 Å². The summed E-state index contributed by atoms with van der Waals surface area (Å²) in [5.74, 6) is 0.0321. The molecule has 0 saturated heterocycles. The summed E-state index contributed by atoms with van der Waals surface area (Å²) in [4.78, 5) is 10.4. The molecule has 0 saturated carbocycles. The molecule has 0 aromatic carbocycles. The monoisotopic (exact) mass is 165 g/mol. The van der Waals surface area contributed by atoms with Gasteiger partial charge in [0.25, 0.3) is 0 Å². The number of hydrogen-bond donors (Lipinski definition) is 2.